The maximum Gasteiger partial charge on any atom is 0.307 e. The molecular weight excluding hydrogens is 306 g/mol. The first-order valence-corrected chi connectivity index (χ1v) is 7.28. The third kappa shape index (κ3) is 7.64. The van der Waals surface area contributed by atoms with Gasteiger partial charge in [0.2, 0.25) is 0 Å². The maximum atomic E-state index is 11.1. The van der Waals surface area contributed by atoms with E-state index in [-0.39, 0.29) is 25.0 Å². The predicted molar refractivity (Wildman–Crippen MR) is 88.8 cm³/mol. The highest BCUT2D eigenvalue weighted by atomic mass is 35.5. The number of carbonyl (C=O) groups excluding carboxylic acids is 1. The highest BCUT2D eigenvalue weighted by Crippen LogP contribution is 2.20. The Morgan fingerprint density at radius 2 is 2.09 bits per heavy atom. The van der Waals surface area contributed by atoms with E-state index in [9.17, 15) is 9.90 Å². The second-order valence-electron chi connectivity index (χ2n) is 4.92. The number of aliphatic hydroxyl groups is 1. The van der Waals surface area contributed by atoms with Crippen LogP contribution in [0.3, 0.4) is 0 Å². The number of carbonyl (C=O) groups is 1. The molecule has 1 unspecified atom stereocenters. The lowest BCUT2D eigenvalue weighted by Gasteiger charge is -2.15. The van der Waals surface area contributed by atoms with Gasteiger partial charge in [0.15, 0.2) is 0 Å². The van der Waals surface area contributed by atoms with Crippen LogP contribution in [0.25, 0.3) is 0 Å². The number of aryl methyl sites for hydroxylation is 1. The van der Waals surface area contributed by atoms with Crippen molar-refractivity contribution in [3.63, 3.8) is 0 Å². The maximum absolute atomic E-state index is 11.1. The summed E-state index contributed by atoms with van der Waals surface area (Å²) in [5.41, 5.74) is 2.24. The zero-order chi connectivity index (χ0) is 15.7. The van der Waals surface area contributed by atoms with Crippen molar-refractivity contribution in [3.8, 4) is 5.75 Å². The van der Waals surface area contributed by atoms with Gasteiger partial charge in [0.05, 0.1) is 13.0 Å². The van der Waals surface area contributed by atoms with Gasteiger partial charge in [-0.1, -0.05) is 12.1 Å². The molecule has 0 saturated heterocycles. The Hall–Kier alpha value is -1.30. The lowest BCUT2D eigenvalue weighted by atomic mass is 10.1. The smallest absolute Gasteiger partial charge is 0.307 e. The van der Waals surface area contributed by atoms with E-state index < -0.39 is 6.10 Å². The molecular formula is C16H26ClNO4. The van der Waals surface area contributed by atoms with Crippen LogP contribution in [0.2, 0.25) is 0 Å². The highest BCUT2D eigenvalue weighted by molar-refractivity contribution is 5.85. The van der Waals surface area contributed by atoms with Gasteiger partial charge >= 0.3 is 5.97 Å². The Morgan fingerprint density at radius 3 is 2.77 bits per heavy atom. The summed E-state index contributed by atoms with van der Waals surface area (Å²) >= 11 is 0. The Kier molecular flexibility index (Phi) is 10.6. The fraction of sp³-hybridized carbons (Fsp3) is 0.562. The van der Waals surface area contributed by atoms with Crippen LogP contribution in [-0.4, -0.2) is 43.5 Å². The lowest BCUT2D eigenvalue weighted by molar-refractivity contribution is -0.143. The minimum Gasteiger partial charge on any atom is -0.491 e. The van der Waals surface area contributed by atoms with Crippen LogP contribution in [0.15, 0.2) is 18.2 Å². The molecule has 126 valence electrons. The van der Waals surface area contributed by atoms with Crippen LogP contribution in [0.5, 0.6) is 5.75 Å². The average molecular weight is 332 g/mol. The largest absolute Gasteiger partial charge is 0.491 e. The van der Waals surface area contributed by atoms with E-state index in [1.807, 2.05) is 32.0 Å². The summed E-state index contributed by atoms with van der Waals surface area (Å²) in [6.45, 7) is 7.27. The molecule has 0 radical (unpaired) electrons. The third-order valence-corrected chi connectivity index (χ3v) is 3.18. The van der Waals surface area contributed by atoms with E-state index in [0.29, 0.717) is 26.1 Å². The molecule has 2 N–H and O–H groups in total. The Morgan fingerprint density at radius 1 is 1.36 bits per heavy atom. The molecule has 0 aliphatic carbocycles. The fourth-order valence-electron chi connectivity index (χ4n) is 1.82. The van der Waals surface area contributed by atoms with Crippen molar-refractivity contribution >= 4 is 18.4 Å². The molecule has 5 nitrogen and oxygen atoms in total. The Bertz CT molecular complexity index is 454. The molecule has 1 atom stereocenters. The molecule has 0 heterocycles. The molecule has 0 aliphatic heterocycles. The monoisotopic (exact) mass is 331 g/mol. The van der Waals surface area contributed by atoms with Crippen molar-refractivity contribution in [2.45, 2.75) is 33.3 Å². The summed E-state index contributed by atoms with van der Waals surface area (Å²) in [7, 11) is 0. The molecule has 0 saturated carbocycles. The van der Waals surface area contributed by atoms with Crippen LogP contribution in [0.1, 0.15) is 24.5 Å². The standard InChI is InChI=1S/C16H25NO4.ClH/c1-4-20-16(19)8-9-17-10-14(18)11-21-15-7-5-6-12(2)13(15)3;/h5-7,14,17-18H,4,8-11H2,1-3H3;1H. The predicted octanol–water partition coefficient (Wildman–Crippen LogP) is 2.01. The van der Waals surface area contributed by atoms with Gasteiger partial charge in [-0.05, 0) is 38.0 Å². The quantitative estimate of drug-likeness (QED) is 0.535. The average Bonchev–Trinajstić information content (AvgIpc) is 2.45. The van der Waals surface area contributed by atoms with Crippen molar-refractivity contribution in [2.24, 2.45) is 0 Å². The van der Waals surface area contributed by atoms with Crippen LogP contribution < -0.4 is 10.1 Å². The number of esters is 1. The van der Waals surface area contributed by atoms with Gasteiger partial charge in [-0.3, -0.25) is 4.79 Å². The van der Waals surface area contributed by atoms with E-state index >= 15 is 0 Å². The van der Waals surface area contributed by atoms with Gasteiger partial charge in [-0.2, -0.15) is 0 Å². The fourth-order valence-corrected chi connectivity index (χ4v) is 1.82. The molecule has 6 heteroatoms. The lowest BCUT2D eigenvalue weighted by Crippen LogP contribution is -2.32. The van der Waals surface area contributed by atoms with Gasteiger partial charge < -0.3 is 19.9 Å². The van der Waals surface area contributed by atoms with Gasteiger partial charge in [0.1, 0.15) is 18.5 Å². The summed E-state index contributed by atoms with van der Waals surface area (Å²) in [5.74, 6) is 0.562. The molecule has 0 bridgehead atoms. The SMILES string of the molecule is CCOC(=O)CCNCC(O)COc1cccc(C)c1C.Cl. The molecule has 0 spiro atoms. The molecule has 0 aliphatic rings. The zero-order valence-corrected chi connectivity index (χ0v) is 14.2. The molecule has 1 rings (SSSR count). The van der Waals surface area contributed by atoms with Gasteiger partial charge in [0, 0.05) is 13.1 Å². The number of halogens is 1. The Labute approximate surface area is 138 Å². The number of benzene rings is 1. The molecule has 1 aromatic rings. The highest BCUT2D eigenvalue weighted by Gasteiger charge is 2.08. The summed E-state index contributed by atoms with van der Waals surface area (Å²) in [5, 5.41) is 12.8. The number of hydrogen-bond donors (Lipinski definition) is 2. The Balaban J connectivity index is 0.00000441. The van der Waals surface area contributed by atoms with Crippen LogP contribution >= 0.6 is 12.4 Å². The number of rotatable bonds is 9. The molecule has 0 amide bonds. The van der Waals surface area contributed by atoms with Crippen molar-refractivity contribution in [3.05, 3.63) is 29.3 Å². The number of nitrogens with one attached hydrogen (secondary N) is 1. The normalized spacial score (nSPS) is 11.5. The van der Waals surface area contributed by atoms with E-state index in [1.165, 1.54) is 0 Å². The summed E-state index contributed by atoms with van der Waals surface area (Å²) in [6.07, 6.45) is -0.314. The third-order valence-electron chi connectivity index (χ3n) is 3.18. The number of aliphatic hydroxyl groups excluding tert-OH is 1. The molecule has 1 aromatic carbocycles. The van der Waals surface area contributed by atoms with E-state index in [2.05, 4.69) is 5.32 Å². The molecule has 0 aromatic heterocycles. The first-order valence-electron chi connectivity index (χ1n) is 7.28. The van der Waals surface area contributed by atoms with E-state index in [1.54, 1.807) is 6.92 Å². The van der Waals surface area contributed by atoms with Crippen LogP contribution in [-0.2, 0) is 9.53 Å². The summed E-state index contributed by atoms with van der Waals surface area (Å²) in [4.78, 5) is 11.1. The van der Waals surface area contributed by atoms with Crippen molar-refractivity contribution in [1.29, 1.82) is 0 Å². The molecule has 22 heavy (non-hydrogen) atoms. The minimum atomic E-state index is -0.618. The summed E-state index contributed by atoms with van der Waals surface area (Å²) in [6, 6.07) is 5.85. The van der Waals surface area contributed by atoms with Gasteiger partial charge in [-0.15, -0.1) is 12.4 Å². The van der Waals surface area contributed by atoms with Crippen LogP contribution in [0.4, 0.5) is 0 Å². The van der Waals surface area contributed by atoms with E-state index in [4.69, 9.17) is 9.47 Å². The number of hydrogen-bond acceptors (Lipinski definition) is 5. The van der Waals surface area contributed by atoms with Crippen LogP contribution in [0, 0.1) is 13.8 Å². The topological polar surface area (TPSA) is 67.8 Å². The zero-order valence-electron chi connectivity index (χ0n) is 13.4. The first-order chi connectivity index (χ1) is 10.0. The molecule has 0 fully saturated rings. The van der Waals surface area contributed by atoms with E-state index in [0.717, 1.165) is 16.9 Å². The van der Waals surface area contributed by atoms with Crippen molar-refractivity contribution in [1.82, 2.24) is 5.32 Å². The van der Waals surface area contributed by atoms with Crippen molar-refractivity contribution in [2.75, 3.05) is 26.3 Å². The minimum absolute atomic E-state index is 0. The second kappa shape index (κ2) is 11.3. The van der Waals surface area contributed by atoms with Gasteiger partial charge in [0.25, 0.3) is 0 Å². The first kappa shape index (κ1) is 20.7. The van der Waals surface area contributed by atoms with Gasteiger partial charge in [-0.25, -0.2) is 0 Å². The summed E-state index contributed by atoms with van der Waals surface area (Å²) < 4.78 is 10.4. The van der Waals surface area contributed by atoms with Crippen molar-refractivity contribution < 1.29 is 19.4 Å². The second-order valence-corrected chi connectivity index (χ2v) is 4.92. The number of ether oxygens (including phenoxy) is 2.